The van der Waals surface area contributed by atoms with Gasteiger partial charge in [0.25, 0.3) is 0 Å². The molecule has 1 amide bonds. The number of hydrogen-bond donors (Lipinski definition) is 1. The lowest BCUT2D eigenvalue weighted by atomic mass is 9.91. The monoisotopic (exact) mass is 559 g/mol. The minimum atomic E-state index is -0.506. The lowest BCUT2D eigenvalue weighted by molar-refractivity contribution is 0.0204. The highest BCUT2D eigenvalue weighted by Crippen LogP contribution is 2.48. The largest absolute Gasteiger partial charge is 0.444 e. The lowest BCUT2D eigenvalue weighted by Crippen LogP contribution is -2.41. The number of nitrogen functional groups attached to an aromatic ring is 1. The molecule has 12 heteroatoms. The van der Waals surface area contributed by atoms with Crippen molar-refractivity contribution >= 4 is 22.9 Å². The van der Waals surface area contributed by atoms with E-state index < -0.39 is 5.60 Å². The maximum absolute atomic E-state index is 12.5. The van der Waals surface area contributed by atoms with E-state index in [1.807, 2.05) is 37.8 Å². The molecule has 5 heterocycles. The number of hydrogen-bond acceptors (Lipinski definition) is 10. The van der Waals surface area contributed by atoms with Gasteiger partial charge in [-0.25, -0.2) is 29.4 Å². The second-order valence-electron chi connectivity index (χ2n) is 13.0. The number of amides is 1. The Morgan fingerprint density at radius 3 is 2.24 bits per heavy atom. The number of fused-ring (bicyclic) bond motifs is 1. The number of piperidine rings is 1. The van der Waals surface area contributed by atoms with Crippen molar-refractivity contribution < 1.29 is 14.1 Å². The van der Waals surface area contributed by atoms with Gasteiger partial charge in [0.2, 0.25) is 0 Å². The van der Waals surface area contributed by atoms with E-state index in [1.165, 1.54) is 6.33 Å². The molecular formula is C29H37N9O3. The van der Waals surface area contributed by atoms with Crippen LogP contribution in [0.5, 0.6) is 0 Å². The number of rotatable bonds is 4. The Hall–Kier alpha value is -4.09. The first-order valence-corrected chi connectivity index (χ1v) is 14.2. The minimum absolute atomic E-state index is 0.260. The van der Waals surface area contributed by atoms with E-state index in [0.29, 0.717) is 47.2 Å². The third-order valence-electron chi connectivity index (χ3n) is 7.53. The molecule has 0 unspecified atom stereocenters. The summed E-state index contributed by atoms with van der Waals surface area (Å²) >= 11 is 0. The number of carbonyl (C=O) groups is 1. The summed E-state index contributed by atoms with van der Waals surface area (Å²) in [6.45, 7) is 13.1. The predicted molar refractivity (Wildman–Crippen MR) is 153 cm³/mol. The molecule has 4 aromatic heterocycles. The smallest absolute Gasteiger partial charge is 0.410 e. The van der Waals surface area contributed by atoms with E-state index in [4.69, 9.17) is 30.1 Å². The van der Waals surface area contributed by atoms with Crippen LogP contribution in [-0.4, -0.2) is 64.6 Å². The fraction of sp³-hybridized carbons (Fsp3) is 0.552. The highest BCUT2D eigenvalue weighted by atomic mass is 16.6. The molecule has 0 bridgehead atoms. The van der Waals surface area contributed by atoms with Crippen LogP contribution in [0.3, 0.4) is 0 Å². The van der Waals surface area contributed by atoms with Gasteiger partial charge in [-0.15, -0.1) is 0 Å². The van der Waals surface area contributed by atoms with Gasteiger partial charge in [-0.1, -0.05) is 5.16 Å². The summed E-state index contributed by atoms with van der Waals surface area (Å²) in [5, 5.41) is 10.0. The maximum Gasteiger partial charge on any atom is 0.410 e. The summed E-state index contributed by atoms with van der Waals surface area (Å²) in [6, 6.07) is 0. The van der Waals surface area contributed by atoms with Crippen LogP contribution >= 0.6 is 0 Å². The third kappa shape index (κ3) is 5.22. The van der Waals surface area contributed by atoms with Gasteiger partial charge in [-0.3, -0.25) is 0 Å². The number of ether oxygens (including phenoxy) is 1. The zero-order chi connectivity index (χ0) is 29.1. The van der Waals surface area contributed by atoms with Gasteiger partial charge in [-0.2, -0.15) is 5.10 Å². The molecule has 2 fully saturated rings. The zero-order valence-corrected chi connectivity index (χ0v) is 24.5. The lowest BCUT2D eigenvalue weighted by Gasteiger charge is -2.33. The summed E-state index contributed by atoms with van der Waals surface area (Å²) < 4.78 is 13.3. The summed E-state index contributed by atoms with van der Waals surface area (Å²) in [5.74, 6) is 2.17. The van der Waals surface area contributed by atoms with Crippen LogP contribution in [0.25, 0.3) is 33.8 Å². The van der Waals surface area contributed by atoms with Crippen molar-refractivity contribution in [3.05, 3.63) is 30.0 Å². The van der Waals surface area contributed by atoms with E-state index in [2.05, 4.69) is 35.9 Å². The van der Waals surface area contributed by atoms with Gasteiger partial charge in [0.1, 0.15) is 29.1 Å². The summed E-state index contributed by atoms with van der Waals surface area (Å²) in [7, 11) is 0. The summed E-state index contributed by atoms with van der Waals surface area (Å²) in [6.07, 6.45) is 8.65. The van der Waals surface area contributed by atoms with Crippen molar-refractivity contribution in [1.82, 2.24) is 39.8 Å². The number of carbonyl (C=O) groups excluding carboxylic acids is 1. The standard InChI is InChI=1S/C29H37N9O3/c1-28(2,3)38-26-20(24(30)33-15-34-26)21(35-38)22-19(23(41-36-22)17-7-8-17)25-31-13-18(14-32-25)16-9-11-37(12-10-16)27(39)40-29(4,5)6/h13-17H,7-12H2,1-6H3,(H2,30,33,34). The topological polar surface area (TPSA) is 151 Å². The van der Waals surface area contributed by atoms with Gasteiger partial charge in [-0.05, 0) is 78.7 Å². The Morgan fingerprint density at radius 1 is 0.951 bits per heavy atom. The Labute approximate surface area is 238 Å². The second-order valence-corrected chi connectivity index (χ2v) is 13.0. The van der Waals surface area contributed by atoms with Crippen molar-refractivity contribution in [3.8, 4) is 22.8 Å². The first-order chi connectivity index (χ1) is 19.4. The molecule has 0 aromatic carbocycles. The molecule has 1 aliphatic heterocycles. The molecule has 0 radical (unpaired) electrons. The average Bonchev–Trinajstić information content (AvgIpc) is 3.53. The van der Waals surface area contributed by atoms with Crippen molar-refractivity contribution in [1.29, 1.82) is 0 Å². The van der Waals surface area contributed by atoms with Crippen LogP contribution in [0.4, 0.5) is 10.6 Å². The van der Waals surface area contributed by atoms with Crippen molar-refractivity contribution in [2.45, 2.75) is 90.2 Å². The second kappa shape index (κ2) is 9.78. The Morgan fingerprint density at radius 2 is 1.63 bits per heavy atom. The molecule has 0 spiro atoms. The van der Waals surface area contributed by atoms with Gasteiger partial charge in [0.05, 0.1) is 16.5 Å². The highest BCUT2D eigenvalue weighted by Gasteiger charge is 2.37. The van der Waals surface area contributed by atoms with E-state index in [9.17, 15) is 4.79 Å². The fourth-order valence-corrected chi connectivity index (χ4v) is 5.31. The highest BCUT2D eigenvalue weighted by molar-refractivity contribution is 6.00. The molecule has 12 nitrogen and oxygen atoms in total. The predicted octanol–water partition coefficient (Wildman–Crippen LogP) is 5.27. The molecule has 1 saturated carbocycles. The quantitative estimate of drug-likeness (QED) is 0.350. The number of anilines is 1. The normalized spacial score (nSPS) is 16.9. The molecule has 41 heavy (non-hydrogen) atoms. The first kappa shape index (κ1) is 27.1. The van der Waals surface area contributed by atoms with Crippen LogP contribution in [0.2, 0.25) is 0 Å². The third-order valence-corrected chi connectivity index (χ3v) is 7.53. The van der Waals surface area contributed by atoms with E-state index in [-0.39, 0.29) is 23.5 Å². The summed E-state index contributed by atoms with van der Waals surface area (Å²) in [4.78, 5) is 32.6. The average molecular weight is 560 g/mol. The summed E-state index contributed by atoms with van der Waals surface area (Å²) in [5.41, 5.74) is 9.01. The molecule has 0 atom stereocenters. The van der Waals surface area contributed by atoms with Crippen LogP contribution in [0, 0.1) is 0 Å². The SMILES string of the molecule is CC(C)(C)OC(=O)N1CCC(c2cnc(-c3c(-c4nn(C(C)(C)C)c5ncnc(N)c45)noc3C3CC3)nc2)CC1. The number of likely N-dealkylation sites (tertiary alicyclic amines) is 1. The molecular weight excluding hydrogens is 522 g/mol. The van der Waals surface area contributed by atoms with Gasteiger partial charge in [0.15, 0.2) is 17.2 Å². The van der Waals surface area contributed by atoms with E-state index in [1.54, 1.807) is 4.90 Å². The van der Waals surface area contributed by atoms with Gasteiger partial charge >= 0.3 is 6.09 Å². The minimum Gasteiger partial charge on any atom is -0.444 e. The Balaban J connectivity index is 1.31. The Bertz CT molecular complexity index is 1580. The van der Waals surface area contributed by atoms with Crippen molar-refractivity contribution in [3.63, 3.8) is 0 Å². The van der Waals surface area contributed by atoms with Crippen molar-refractivity contribution in [2.24, 2.45) is 0 Å². The van der Waals surface area contributed by atoms with Gasteiger partial charge in [0, 0.05) is 31.4 Å². The van der Waals surface area contributed by atoms with E-state index in [0.717, 1.165) is 42.6 Å². The van der Waals surface area contributed by atoms with Crippen LogP contribution in [0.1, 0.15) is 90.4 Å². The fourth-order valence-electron chi connectivity index (χ4n) is 5.31. The van der Waals surface area contributed by atoms with Crippen LogP contribution < -0.4 is 5.73 Å². The zero-order valence-electron chi connectivity index (χ0n) is 24.5. The Kier molecular flexibility index (Phi) is 6.46. The maximum atomic E-state index is 12.5. The molecule has 1 aliphatic carbocycles. The van der Waals surface area contributed by atoms with Crippen molar-refractivity contribution in [2.75, 3.05) is 18.8 Å². The van der Waals surface area contributed by atoms with Gasteiger partial charge < -0.3 is 19.9 Å². The number of nitrogens with two attached hydrogens (primary N) is 1. The molecule has 4 aromatic rings. The molecule has 1 saturated heterocycles. The molecule has 216 valence electrons. The molecule has 2 aliphatic rings. The first-order valence-electron chi connectivity index (χ1n) is 14.2. The van der Waals surface area contributed by atoms with Crippen LogP contribution in [-0.2, 0) is 10.3 Å². The number of nitrogens with zero attached hydrogens (tertiary/aromatic N) is 8. The number of aromatic nitrogens is 7. The molecule has 2 N–H and O–H groups in total. The van der Waals surface area contributed by atoms with E-state index >= 15 is 0 Å². The molecule has 6 rings (SSSR count). The van der Waals surface area contributed by atoms with Crippen LogP contribution in [0.15, 0.2) is 23.2 Å².